The number of nitrogens with zero attached hydrogens (tertiary/aromatic N) is 4. The number of carbonyl (C=O) groups is 1. The van der Waals surface area contributed by atoms with E-state index in [9.17, 15) is 4.79 Å². The van der Waals surface area contributed by atoms with Crippen molar-refractivity contribution in [3.63, 3.8) is 0 Å². The lowest BCUT2D eigenvalue weighted by atomic mass is 9.95. The molecule has 1 aromatic heterocycles. The normalized spacial score (nSPS) is 23.7. The van der Waals surface area contributed by atoms with Crippen LogP contribution in [-0.4, -0.2) is 51.9 Å². The lowest BCUT2D eigenvalue weighted by molar-refractivity contribution is -0.134. The van der Waals surface area contributed by atoms with Crippen LogP contribution >= 0.6 is 0 Å². The molecule has 1 aromatic rings. The minimum atomic E-state index is 0.272. The fourth-order valence-electron chi connectivity index (χ4n) is 3.59. The number of hydrogen-bond acceptors (Lipinski definition) is 4. The van der Waals surface area contributed by atoms with Gasteiger partial charge in [-0.25, -0.2) is 9.67 Å². The van der Waals surface area contributed by atoms with Crippen LogP contribution in [0.25, 0.3) is 0 Å². The number of piperidine rings is 1. The van der Waals surface area contributed by atoms with E-state index in [2.05, 4.69) is 10.1 Å². The van der Waals surface area contributed by atoms with Gasteiger partial charge in [-0.05, 0) is 45.4 Å². The maximum absolute atomic E-state index is 12.6. The molecule has 1 amide bonds. The molecule has 6 nitrogen and oxygen atoms in total. The van der Waals surface area contributed by atoms with Gasteiger partial charge in [-0.3, -0.25) is 4.79 Å². The molecule has 2 fully saturated rings. The maximum Gasteiger partial charge on any atom is 0.222 e. The zero-order valence-electron chi connectivity index (χ0n) is 13.6. The monoisotopic (exact) mass is 306 g/mol. The second kappa shape index (κ2) is 6.77. The highest BCUT2D eigenvalue weighted by molar-refractivity contribution is 5.76. The summed E-state index contributed by atoms with van der Waals surface area (Å²) < 4.78 is 7.38. The summed E-state index contributed by atoms with van der Waals surface area (Å²) in [5, 5.41) is 4.49. The summed E-state index contributed by atoms with van der Waals surface area (Å²) in [7, 11) is 0. The molecule has 0 spiro atoms. The van der Waals surface area contributed by atoms with E-state index in [0.29, 0.717) is 18.2 Å². The van der Waals surface area contributed by atoms with Crippen LogP contribution in [0.1, 0.15) is 49.8 Å². The molecule has 0 aromatic carbocycles. The van der Waals surface area contributed by atoms with Crippen LogP contribution in [0.15, 0.2) is 0 Å². The molecule has 1 atom stereocenters. The van der Waals surface area contributed by atoms with Gasteiger partial charge in [0.05, 0.1) is 6.04 Å². The van der Waals surface area contributed by atoms with E-state index in [1.807, 2.05) is 23.4 Å². The van der Waals surface area contributed by atoms with Gasteiger partial charge < -0.3 is 9.64 Å². The third-order valence-corrected chi connectivity index (χ3v) is 4.81. The Balaban J connectivity index is 1.60. The minimum Gasteiger partial charge on any atom is -0.381 e. The molecule has 6 heteroatoms. The van der Waals surface area contributed by atoms with Crippen LogP contribution in [0.4, 0.5) is 0 Å². The minimum absolute atomic E-state index is 0.272. The summed E-state index contributed by atoms with van der Waals surface area (Å²) in [6.45, 7) is 7.16. The smallest absolute Gasteiger partial charge is 0.222 e. The molecular formula is C16H26N4O2. The standard InChI is InChI=1S/C16H26N4O2/c1-12-17-13(2)20(18-12)15-4-3-7-19(11-15)16(21)10-14-5-8-22-9-6-14/h14-15H,3-11H2,1-2H3/t15-/m0/s1. The maximum atomic E-state index is 12.6. The van der Waals surface area contributed by atoms with Crippen molar-refractivity contribution in [2.75, 3.05) is 26.3 Å². The first-order valence-electron chi connectivity index (χ1n) is 8.38. The van der Waals surface area contributed by atoms with Crippen molar-refractivity contribution in [2.45, 2.75) is 52.0 Å². The largest absolute Gasteiger partial charge is 0.381 e. The summed E-state index contributed by atoms with van der Waals surface area (Å²) in [5.74, 6) is 2.55. The Kier molecular flexibility index (Phi) is 4.76. The SMILES string of the molecule is Cc1nc(C)n([C@H]2CCCN(C(=O)CC3CCOCC3)C2)n1. The average molecular weight is 306 g/mol. The van der Waals surface area contributed by atoms with E-state index in [4.69, 9.17) is 4.74 Å². The molecule has 0 radical (unpaired) electrons. The number of hydrogen-bond donors (Lipinski definition) is 0. The Morgan fingerprint density at radius 1 is 1.27 bits per heavy atom. The van der Waals surface area contributed by atoms with Gasteiger partial charge in [-0.2, -0.15) is 5.10 Å². The van der Waals surface area contributed by atoms with Gasteiger partial charge in [0, 0.05) is 32.7 Å². The molecule has 2 aliphatic heterocycles. The van der Waals surface area contributed by atoms with E-state index >= 15 is 0 Å². The van der Waals surface area contributed by atoms with Crippen molar-refractivity contribution in [1.82, 2.24) is 19.7 Å². The first-order valence-corrected chi connectivity index (χ1v) is 8.38. The molecule has 2 saturated heterocycles. The zero-order valence-corrected chi connectivity index (χ0v) is 13.6. The highest BCUT2D eigenvalue weighted by Crippen LogP contribution is 2.25. The molecule has 0 bridgehead atoms. The summed E-state index contributed by atoms with van der Waals surface area (Å²) in [6, 6.07) is 0.272. The van der Waals surface area contributed by atoms with Crippen LogP contribution in [0, 0.1) is 19.8 Å². The van der Waals surface area contributed by atoms with Gasteiger partial charge in [-0.15, -0.1) is 0 Å². The number of carbonyl (C=O) groups excluding carboxylic acids is 1. The topological polar surface area (TPSA) is 60.2 Å². The van der Waals surface area contributed by atoms with Gasteiger partial charge in [-0.1, -0.05) is 0 Å². The van der Waals surface area contributed by atoms with E-state index in [1.165, 1.54) is 0 Å². The Morgan fingerprint density at radius 2 is 2.05 bits per heavy atom. The lowest BCUT2D eigenvalue weighted by Crippen LogP contribution is -2.42. The molecule has 0 N–H and O–H groups in total. The van der Waals surface area contributed by atoms with E-state index in [0.717, 1.165) is 63.6 Å². The number of amides is 1. The van der Waals surface area contributed by atoms with Crippen LogP contribution in [0.2, 0.25) is 0 Å². The van der Waals surface area contributed by atoms with Gasteiger partial charge in [0.1, 0.15) is 11.6 Å². The summed E-state index contributed by atoms with van der Waals surface area (Å²) in [5.41, 5.74) is 0. The summed E-state index contributed by atoms with van der Waals surface area (Å²) in [4.78, 5) is 19.0. The molecule has 0 unspecified atom stereocenters. The lowest BCUT2D eigenvalue weighted by Gasteiger charge is -2.34. The summed E-state index contributed by atoms with van der Waals surface area (Å²) in [6.07, 6.45) is 4.83. The van der Waals surface area contributed by atoms with Crippen LogP contribution in [-0.2, 0) is 9.53 Å². The molecule has 0 aliphatic carbocycles. The van der Waals surface area contributed by atoms with Gasteiger partial charge in [0.15, 0.2) is 0 Å². The number of aromatic nitrogens is 3. The number of likely N-dealkylation sites (tertiary alicyclic amines) is 1. The summed E-state index contributed by atoms with van der Waals surface area (Å²) >= 11 is 0. The molecule has 22 heavy (non-hydrogen) atoms. The number of rotatable bonds is 3. The molecular weight excluding hydrogens is 280 g/mol. The number of ether oxygens (including phenoxy) is 1. The van der Waals surface area contributed by atoms with Crippen LogP contribution < -0.4 is 0 Å². The first-order chi connectivity index (χ1) is 10.6. The average Bonchev–Trinajstić information content (AvgIpc) is 2.87. The zero-order chi connectivity index (χ0) is 15.5. The van der Waals surface area contributed by atoms with Crippen molar-refractivity contribution in [1.29, 1.82) is 0 Å². The van der Waals surface area contributed by atoms with Crippen LogP contribution in [0.5, 0.6) is 0 Å². The fourth-order valence-corrected chi connectivity index (χ4v) is 3.59. The van der Waals surface area contributed by atoms with Crippen LogP contribution in [0.3, 0.4) is 0 Å². The highest BCUT2D eigenvalue weighted by Gasteiger charge is 2.28. The highest BCUT2D eigenvalue weighted by atomic mass is 16.5. The predicted octanol–water partition coefficient (Wildman–Crippen LogP) is 1.88. The first kappa shape index (κ1) is 15.5. The predicted molar refractivity (Wildman–Crippen MR) is 82.5 cm³/mol. The van der Waals surface area contributed by atoms with Gasteiger partial charge in [0.2, 0.25) is 5.91 Å². The van der Waals surface area contributed by atoms with E-state index in [1.54, 1.807) is 0 Å². The van der Waals surface area contributed by atoms with Crippen molar-refractivity contribution in [3.8, 4) is 0 Å². The second-order valence-corrected chi connectivity index (χ2v) is 6.55. The van der Waals surface area contributed by atoms with Gasteiger partial charge >= 0.3 is 0 Å². The molecule has 3 heterocycles. The molecule has 3 rings (SSSR count). The van der Waals surface area contributed by atoms with Crippen molar-refractivity contribution >= 4 is 5.91 Å². The number of aryl methyl sites for hydroxylation is 2. The van der Waals surface area contributed by atoms with Crippen molar-refractivity contribution in [2.24, 2.45) is 5.92 Å². The second-order valence-electron chi connectivity index (χ2n) is 6.55. The van der Waals surface area contributed by atoms with Crippen molar-refractivity contribution < 1.29 is 9.53 Å². The van der Waals surface area contributed by atoms with E-state index < -0.39 is 0 Å². The molecule has 0 saturated carbocycles. The third-order valence-electron chi connectivity index (χ3n) is 4.81. The van der Waals surface area contributed by atoms with E-state index in [-0.39, 0.29) is 6.04 Å². The van der Waals surface area contributed by atoms with Gasteiger partial charge in [0.25, 0.3) is 0 Å². The van der Waals surface area contributed by atoms with Crippen molar-refractivity contribution in [3.05, 3.63) is 11.6 Å². The Morgan fingerprint density at radius 3 is 2.73 bits per heavy atom. The Hall–Kier alpha value is -1.43. The third kappa shape index (κ3) is 3.48. The molecule has 2 aliphatic rings. The Labute approximate surface area is 131 Å². The fraction of sp³-hybridized carbons (Fsp3) is 0.812. The Bertz CT molecular complexity index is 522. The quantitative estimate of drug-likeness (QED) is 0.855. The molecule has 122 valence electrons.